The van der Waals surface area contributed by atoms with E-state index in [-0.39, 0.29) is 16.8 Å². The van der Waals surface area contributed by atoms with Crippen LogP contribution in [-0.4, -0.2) is 43.9 Å². The van der Waals surface area contributed by atoms with E-state index in [1.807, 2.05) is 19.0 Å². The maximum absolute atomic E-state index is 13.1. The van der Waals surface area contributed by atoms with Crippen molar-refractivity contribution in [1.82, 2.24) is 10.2 Å². The number of likely N-dealkylation sites (N-methyl/N-ethyl adjacent to an activating group) is 1. The molecule has 7 heteroatoms. The molecule has 25 heavy (non-hydrogen) atoms. The van der Waals surface area contributed by atoms with E-state index >= 15 is 0 Å². The highest BCUT2D eigenvalue weighted by molar-refractivity contribution is 6.31. The number of hydrogen-bond donors (Lipinski definition) is 2. The first-order chi connectivity index (χ1) is 11.9. The van der Waals surface area contributed by atoms with Gasteiger partial charge in [0.25, 0.3) is 11.8 Å². The van der Waals surface area contributed by atoms with E-state index in [4.69, 9.17) is 11.6 Å². The smallest absolute Gasteiger partial charge is 0.255 e. The zero-order valence-electron chi connectivity index (χ0n) is 14.0. The molecule has 0 radical (unpaired) electrons. The van der Waals surface area contributed by atoms with E-state index in [2.05, 4.69) is 10.6 Å². The molecular formula is C18H19ClFN3O2. The molecule has 0 atom stereocenters. The first-order valence-corrected chi connectivity index (χ1v) is 8.04. The molecule has 0 spiro atoms. The summed E-state index contributed by atoms with van der Waals surface area (Å²) in [5.41, 5.74) is 1.24. The van der Waals surface area contributed by atoms with Gasteiger partial charge < -0.3 is 15.5 Å². The Bertz CT molecular complexity index is 763. The van der Waals surface area contributed by atoms with E-state index in [1.165, 1.54) is 18.2 Å². The van der Waals surface area contributed by atoms with Crippen molar-refractivity contribution in [2.24, 2.45) is 0 Å². The molecular weight excluding hydrogens is 345 g/mol. The lowest BCUT2D eigenvalue weighted by Gasteiger charge is -2.10. The Kier molecular flexibility index (Phi) is 6.50. The van der Waals surface area contributed by atoms with Crippen LogP contribution in [0.4, 0.5) is 10.1 Å². The molecule has 2 N–H and O–H groups in total. The van der Waals surface area contributed by atoms with E-state index in [0.717, 1.165) is 6.54 Å². The molecule has 0 bridgehead atoms. The van der Waals surface area contributed by atoms with Gasteiger partial charge >= 0.3 is 0 Å². The Morgan fingerprint density at radius 2 is 1.64 bits per heavy atom. The van der Waals surface area contributed by atoms with Crippen LogP contribution in [0.15, 0.2) is 42.5 Å². The van der Waals surface area contributed by atoms with Crippen molar-refractivity contribution in [1.29, 1.82) is 0 Å². The second-order valence-electron chi connectivity index (χ2n) is 5.72. The van der Waals surface area contributed by atoms with Crippen LogP contribution in [0.3, 0.4) is 0 Å². The van der Waals surface area contributed by atoms with Crippen molar-refractivity contribution >= 4 is 29.1 Å². The molecule has 0 aliphatic rings. The van der Waals surface area contributed by atoms with Crippen LogP contribution in [0.25, 0.3) is 0 Å². The van der Waals surface area contributed by atoms with Gasteiger partial charge in [0.15, 0.2) is 0 Å². The lowest BCUT2D eigenvalue weighted by atomic mass is 10.1. The third-order valence-corrected chi connectivity index (χ3v) is 3.72. The summed E-state index contributed by atoms with van der Waals surface area (Å²) in [6, 6.07) is 10.2. The lowest BCUT2D eigenvalue weighted by Crippen LogP contribution is -2.31. The Hall–Kier alpha value is -2.44. The second kappa shape index (κ2) is 8.60. The minimum Gasteiger partial charge on any atom is -0.351 e. The van der Waals surface area contributed by atoms with Crippen LogP contribution in [0, 0.1) is 5.82 Å². The maximum atomic E-state index is 13.1. The molecule has 0 aromatic heterocycles. The number of carbonyl (C=O) groups is 2. The number of halogens is 2. The Morgan fingerprint density at radius 1 is 1.04 bits per heavy atom. The summed E-state index contributed by atoms with van der Waals surface area (Å²) in [6.45, 7) is 1.28. The molecule has 5 nitrogen and oxygen atoms in total. The highest BCUT2D eigenvalue weighted by atomic mass is 35.5. The van der Waals surface area contributed by atoms with Crippen LogP contribution in [0.1, 0.15) is 20.7 Å². The zero-order chi connectivity index (χ0) is 18.4. The Labute approximate surface area is 150 Å². The second-order valence-corrected chi connectivity index (χ2v) is 6.13. The average molecular weight is 364 g/mol. The Balaban J connectivity index is 1.97. The molecule has 2 aromatic carbocycles. The van der Waals surface area contributed by atoms with Crippen molar-refractivity contribution in [3.63, 3.8) is 0 Å². The van der Waals surface area contributed by atoms with Crippen molar-refractivity contribution in [3.8, 4) is 0 Å². The summed E-state index contributed by atoms with van der Waals surface area (Å²) < 4.78 is 13.1. The zero-order valence-corrected chi connectivity index (χ0v) is 14.7. The fraction of sp³-hybridized carbons (Fsp3) is 0.222. The SMILES string of the molecule is CN(C)CCNC(=O)c1ccc(C(=O)Nc2ccc(F)c(Cl)c2)cc1. The summed E-state index contributed by atoms with van der Waals surface area (Å²) in [6.07, 6.45) is 0. The third-order valence-electron chi connectivity index (χ3n) is 3.43. The minimum atomic E-state index is -0.552. The molecule has 0 aliphatic heterocycles. The summed E-state index contributed by atoms with van der Waals surface area (Å²) in [5.74, 6) is -1.12. The van der Waals surface area contributed by atoms with Crippen molar-refractivity contribution < 1.29 is 14.0 Å². The summed E-state index contributed by atoms with van der Waals surface area (Å²) in [4.78, 5) is 26.1. The molecule has 2 amide bonds. The van der Waals surface area contributed by atoms with Gasteiger partial charge in [0, 0.05) is 29.9 Å². The van der Waals surface area contributed by atoms with Gasteiger partial charge in [0.1, 0.15) is 5.82 Å². The van der Waals surface area contributed by atoms with Gasteiger partial charge in [-0.05, 0) is 56.6 Å². The fourth-order valence-electron chi connectivity index (χ4n) is 2.05. The topological polar surface area (TPSA) is 61.4 Å². The fourth-order valence-corrected chi connectivity index (χ4v) is 2.23. The molecule has 0 aliphatic carbocycles. The lowest BCUT2D eigenvalue weighted by molar-refractivity contribution is 0.0949. The van der Waals surface area contributed by atoms with E-state index in [9.17, 15) is 14.0 Å². The normalized spacial score (nSPS) is 10.6. The average Bonchev–Trinajstić information content (AvgIpc) is 2.58. The maximum Gasteiger partial charge on any atom is 0.255 e. The van der Waals surface area contributed by atoms with Gasteiger partial charge in [-0.1, -0.05) is 11.6 Å². The quantitative estimate of drug-likeness (QED) is 0.829. The number of nitrogens with one attached hydrogen (secondary N) is 2. The first-order valence-electron chi connectivity index (χ1n) is 7.66. The third kappa shape index (κ3) is 5.55. The van der Waals surface area contributed by atoms with Crippen LogP contribution in [0.5, 0.6) is 0 Å². The Morgan fingerprint density at radius 3 is 2.20 bits per heavy atom. The van der Waals surface area contributed by atoms with Gasteiger partial charge in [-0.3, -0.25) is 9.59 Å². The van der Waals surface area contributed by atoms with Crippen LogP contribution < -0.4 is 10.6 Å². The molecule has 0 unspecified atom stereocenters. The highest BCUT2D eigenvalue weighted by Gasteiger charge is 2.10. The van der Waals surface area contributed by atoms with E-state index in [0.29, 0.717) is 23.4 Å². The molecule has 0 saturated heterocycles. The predicted molar refractivity (Wildman–Crippen MR) is 96.7 cm³/mol. The number of amides is 2. The van der Waals surface area contributed by atoms with E-state index in [1.54, 1.807) is 24.3 Å². The van der Waals surface area contributed by atoms with Gasteiger partial charge in [0.05, 0.1) is 5.02 Å². The molecule has 2 rings (SSSR count). The number of carbonyl (C=O) groups excluding carboxylic acids is 2. The van der Waals surface area contributed by atoms with Crippen LogP contribution in [0.2, 0.25) is 5.02 Å². The van der Waals surface area contributed by atoms with Crippen LogP contribution in [-0.2, 0) is 0 Å². The molecule has 0 saturated carbocycles. The monoisotopic (exact) mass is 363 g/mol. The summed E-state index contributed by atoms with van der Waals surface area (Å²) >= 11 is 5.69. The first kappa shape index (κ1) is 18.9. The number of rotatable bonds is 6. The van der Waals surface area contributed by atoms with Gasteiger partial charge in [-0.25, -0.2) is 4.39 Å². The molecule has 132 valence electrons. The van der Waals surface area contributed by atoms with Crippen molar-refractivity contribution in [3.05, 3.63) is 64.4 Å². The highest BCUT2D eigenvalue weighted by Crippen LogP contribution is 2.20. The summed E-state index contributed by atoms with van der Waals surface area (Å²) in [5, 5.41) is 5.36. The van der Waals surface area contributed by atoms with Crippen molar-refractivity contribution in [2.75, 3.05) is 32.5 Å². The van der Waals surface area contributed by atoms with Gasteiger partial charge in [-0.15, -0.1) is 0 Å². The predicted octanol–water partition coefficient (Wildman–Crippen LogP) is 3.02. The van der Waals surface area contributed by atoms with Crippen LogP contribution >= 0.6 is 11.6 Å². The molecule has 0 heterocycles. The molecule has 0 fully saturated rings. The van der Waals surface area contributed by atoms with Gasteiger partial charge in [0.2, 0.25) is 0 Å². The van der Waals surface area contributed by atoms with E-state index < -0.39 is 5.82 Å². The largest absolute Gasteiger partial charge is 0.351 e. The number of nitrogens with zero attached hydrogens (tertiary/aromatic N) is 1. The van der Waals surface area contributed by atoms with Crippen molar-refractivity contribution in [2.45, 2.75) is 0 Å². The molecule has 2 aromatic rings. The number of anilines is 1. The number of hydrogen-bond acceptors (Lipinski definition) is 3. The summed E-state index contributed by atoms with van der Waals surface area (Å²) in [7, 11) is 3.85. The number of benzene rings is 2. The van der Waals surface area contributed by atoms with Gasteiger partial charge in [-0.2, -0.15) is 0 Å². The minimum absolute atomic E-state index is 0.0671. The standard InChI is InChI=1S/C18H19ClFN3O2/c1-23(2)10-9-21-17(24)12-3-5-13(6-4-12)18(25)22-14-7-8-16(20)15(19)11-14/h3-8,11H,9-10H2,1-2H3,(H,21,24)(H,22,25).